The first-order valence-corrected chi connectivity index (χ1v) is 7.20. The Bertz CT molecular complexity index is 557. The number of amides is 2. The molecule has 21 heavy (non-hydrogen) atoms. The number of rotatable bonds is 5. The molecule has 1 atom stereocenters. The highest BCUT2D eigenvalue weighted by molar-refractivity contribution is 5.74. The van der Waals surface area contributed by atoms with E-state index in [4.69, 9.17) is 0 Å². The van der Waals surface area contributed by atoms with Gasteiger partial charge in [-0.05, 0) is 37.1 Å². The van der Waals surface area contributed by atoms with Crippen molar-refractivity contribution in [1.82, 2.24) is 15.2 Å². The molecule has 1 N–H and O–H groups in total. The van der Waals surface area contributed by atoms with Crippen LogP contribution in [0.25, 0.3) is 0 Å². The van der Waals surface area contributed by atoms with E-state index in [0.29, 0.717) is 13.1 Å². The van der Waals surface area contributed by atoms with E-state index in [1.54, 1.807) is 17.3 Å². The quantitative estimate of drug-likeness (QED) is 0.914. The van der Waals surface area contributed by atoms with Crippen molar-refractivity contribution < 1.29 is 4.79 Å². The molecule has 0 saturated carbocycles. The van der Waals surface area contributed by atoms with Gasteiger partial charge in [0.1, 0.15) is 0 Å². The van der Waals surface area contributed by atoms with E-state index in [-0.39, 0.29) is 12.1 Å². The Hall–Kier alpha value is -2.36. The molecule has 0 aliphatic heterocycles. The molecular weight excluding hydrogens is 262 g/mol. The number of nitrogens with one attached hydrogen (secondary N) is 1. The Morgan fingerprint density at radius 3 is 2.48 bits per heavy atom. The molecule has 0 saturated heterocycles. The van der Waals surface area contributed by atoms with Crippen LogP contribution in [0.4, 0.5) is 4.79 Å². The molecule has 2 aromatic rings. The van der Waals surface area contributed by atoms with Gasteiger partial charge in [-0.15, -0.1) is 0 Å². The van der Waals surface area contributed by atoms with Gasteiger partial charge >= 0.3 is 6.03 Å². The van der Waals surface area contributed by atoms with Gasteiger partial charge in [-0.1, -0.05) is 30.3 Å². The number of benzene rings is 1. The summed E-state index contributed by atoms with van der Waals surface area (Å²) in [5.74, 6) is 0. The molecule has 0 fully saturated rings. The van der Waals surface area contributed by atoms with Crippen molar-refractivity contribution in [1.29, 1.82) is 0 Å². The molecule has 2 rings (SSSR count). The summed E-state index contributed by atoms with van der Waals surface area (Å²) in [5.41, 5.74) is 2.18. The highest BCUT2D eigenvalue weighted by Crippen LogP contribution is 2.12. The van der Waals surface area contributed by atoms with Crippen molar-refractivity contribution in [3.63, 3.8) is 0 Å². The van der Waals surface area contributed by atoms with Gasteiger partial charge in [-0.2, -0.15) is 0 Å². The second kappa shape index (κ2) is 7.43. The number of hydrogen-bond acceptors (Lipinski definition) is 2. The minimum absolute atomic E-state index is 0.00908. The second-order valence-corrected chi connectivity index (χ2v) is 4.95. The fourth-order valence-corrected chi connectivity index (χ4v) is 2.14. The Morgan fingerprint density at radius 1 is 1.19 bits per heavy atom. The van der Waals surface area contributed by atoms with Crippen LogP contribution in [0.5, 0.6) is 0 Å². The summed E-state index contributed by atoms with van der Waals surface area (Å²) in [4.78, 5) is 18.1. The van der Waals surface area contributed by atoms with E-state index in [1.165, 1.54) is 0 Å². The molecule has 0 aliphatic rings. The summed E-state index contributed by atoms with van der Waals surface area (Å²) < 4.78 is 0. The van der Waals surface area contributed by atoms with Crippen LogP contribution in [-0.4, -0.2) is 22.5 Å². The van der Waals surface area contributed by atoms with E-state index in [2.05, 4.69) is 10.3 Å². The molecule has 2 amide bonds. The number of nitrogens with zero attached hydrogens (tertiary/aromatic N) is 2. The Labute approximate surface area is 125 Å². The number of carbonyl (C=O) groups excluding carboxylic acids is 1. The molecule has 0 bridgehead atoms. The summed E-state index contributed by atoms with van der Waals surface area (Å²) in [6.45, 7) is 5.23. The van der Waals surface area contributed by atoms with Gasteiger partial charge in [-0.25, -0.2) is 4.79 Å². The summed E-state index contributed by atoms with van der Waals surface area (Å²) in [6, 6.07) is 13.8. The summed E-state index contributed by atoms with van der Waals surface area (Å²) in [6.07, 6.45) is 3.49. The largest absolute Gasteiger partial charge is 0.331 e. The highest BCUT2D eigenvalue weighted by atomic mass is 16.2. The van der Waals surface area contributed by atoms with E-state index < -0.39 is 0 Å². The summed E-state index contributed by atoms with van der Waals surface area (Å²) in [7, 11) is 0. The van der Waals surface area contributed by atoms with E-state index in [1.807, 2.05) is 56.3 Å². The number of aromatic nitrogens is 1. The minimum Gasteiger partial charge on any atom is -0.331 e. The van der Waals surface area contributed by atoms with Crippen molar-refractivity contribution in [2.45, 2.75) is 26.4 Å². The topological polar surface area (TPSA) is 45.2 Å². The van der Waals surface area contributed by atoms with Crippen LogP contribution in [0.2, 0.25) is 0 Å². The van der Waals surface area contributed by atoms with Crippen LogP contribution >= 0.6 is 0 Å². The average Bonchev–Trinajstić information content (AvgIpc) is 2.54. The Kier molecular flexibility index (Phi) is 5.32. The maximum absolute atomic E-state index is 12.4. The van der Waals surface area contributed by atoms with Crippen LogP contribution in [0.3, 0.4) is 0 Å². The smallest absolute Gasteiger partial charge is 0.318 e. The zero-order chi connectivity index (χ0) is 15.1. The van der Waals surface area contributed by atoms with Gasteiger partial charge < -0.3 is 10.2 Å². The molecular formula is C17H21N3O. The van der Waals surface area contributed by atoms with Gasteiger partial charge in [0, 0.05) is 25.5 Å². The van der Waals surface area contributed by atoms with Crippen molar-refractivity contribution >= 4 is 6.03 Å². The molecule has 1 aromatic heterocycles. The van der Waals surface area contributed by atoms with Gasteiger partial charge in [0.25, 0.3) is 0 Å². The SMILES string of the molecule is CCN(Cc1ccncc1)C(=O)NC(C)c1ccccc1. The third-order valence-electron chi connectivity index (χ3n) is 3.43. The fourth-order valence-electron chi connectivity index (χ4n) is 2.14. The van der Waals surface area contributed by atoms with Gasteiger partial charge in [0.15, 0.2) is 0 Å². The van der Waals surface area contributed by atoms with Crippen molar-refractivity contribution in [2.75, 3.05) is 6.54 Å². The normalized spacial score (nSPS) is 11.7. The predicted molar refractivity (Wildman–Crippen MR) is 83.7 cm³/mol. The summed E-state index contributed by atoms with van der Waals surface area (Å²) in [5, 5.41) is 3.04. The van der Waals surface area contributed by atoms with Gasteiger partial charge in [0.2, 0.25) is 0 Å². The molecule has 4 heteroatoms. The molecule has 110 valence electrons. The lowest BCUT2D eigenvalue weighted by Crippen LogP contribution is -2.40. The van der Waals surface area contributed by atoms with Crippen molar-refractivity contribution in [2.24, 2.45) is 0 Å². The number of pyridine rings is 1. The second-order valence-electron chi connectivity index (χ2n) is 4.95. The fraction of sp³-hybridized carbons (Fsp3) is 0.294. The van der Waals surface area contributed by atoms with Crippen molar-refractivity contribution in [3.8, 4) is 0 Å². The van der Waals surface area contributed by atoms with Gasteiger partial charge in [-0.3, -0.25) is 4.98 Å². The first-order chi connectivity index (χ1) is 10.2. The average molecular weight is 283 g/mol. The van der Waals surface area contributed by atoms with E-state index in [0.717, 1.165) is 11.1 Å². The molecule has 1 unspecified atom stereocenters. The molecule has 1 heterocycles. The Balaban J connectivity index is 1.97. The highest BCUT2D eigenvalue weighted by Gasteiger charge is 2.15. The van der Waals surface area contributed by atoms with E-state index >= 15 is 0 Å². The van der Waals surface area contributed by atoms with Crippen LogP contribution in [-0.2, 0) is 6.54 Å². The minimum atomic E-state index is -0.0503. The number of hydrogen-bond donors (Lipinski definition) is 1. The maximum atomic E-state index is 12.4. The Morgan fingerprint density at radius 2 is 1.86 bits per heavy atom. The van der Waals surface area contributed by atoms with Crippen molar-refractivity contribution in [3.05, 3.63) is 66.0 Å². The molecule has 4 nitrogen and oxygen atoms in total. The lowest BCUT2D eigenvalue weighted by Gasteiger charge is -2.24. The van der Waals surface area contributed by atoms with Crippen LogP contribution in [0.1, 0.15) is 31.0 Å². The summed E-state index contributed by atoms with van der Waals surface area (Å²) >= 11 is 0. The van der Waals surface area contributed by atoms with Crippen LogP contribution in [0, 0.1) is 0 Å². The van der Waals surface area contributed by atoms with Crippen LogP contribution in [0.15, 0.2) is 54.9 Å². The molecule has 0 radical (unpaired) electrons. The molecule has 0 aliphatic carbocycles. The zero-order valence-electron chi connectivity index (χ0n) is 12.5. The molecule has 0 spiro atoms. The lowest BCUT2D eigenvalue weighted by molar-refractivity contribution is 0.195. The first-order valence-electron chi connectivity index (χ1n) is 7.20. The van der Waals surface area contributed by atoms with E-state index in [9.17, 15) is 4.79 Å². The maximum Gasteiger partial charge on any atom is 0.318 e. The standard InChI is InChI=1S/C17H21N3O/c1-3-20(13-15-9-11-18-12-10-15)17(21)19-14(2)16-7-5-4-6-8-16/h4-12,14H,3,13H2,1-2H3,(H,19,21). The lowest BCUT2D eigenvalue weighted by atomic mass is 10.1. The first kappa shape index (κ1) is 15.0. The molecule has 1 aromatic carbocycles. The third-order valence-corrected chi connectivity index (χ3v) is 3.43. The number of carbonyl (C=O) groups is 1. The zero-order valence-corrected chi connectivity index (χ0v) is 12.5. The third kappa shape index (κ3) is 4.31. The van der Waals surface area contributed by atoms with Crippen LogP contribution < -0.4 is 5.32 Å². The van der Waals surface area contributed by atoms with Gasteiger partial charge in [0.05, 0.1) is 6.04 Å². The monoisotopic (exact) mass is 283 g/mol. The predicted octanol–water partition coefficient (Wildman–Crippen LogP) is 3.37. The number of urea groups is 1.